The SMILES string of the molecule is CN(C(=O)Cc1ccc(F)c(F)c1)C(C)(C)CCl. The fourth-order valence-electron chi connectivity index (χ4n) is 1.37. The average molecular weight is 276 g/mol. The molecule has 0 saturated heterocycles. The Labute approximate surface area is 111 Å². The Kier molecular flexibility index (Phi) is 4.68. The summed E-state index contributed by atoms with van der Waals surface area (Å²) >= 11 is 5.78. The monoisotopic (exact) mass is 275 g/mol. The van der Waals surface area contributed by atoms with E-state index < -0.39 is 17.2 Å². The number of hydrogen-bond donors (Lipinski definition) is 0. The molecular weight excluding hydrogens is 260 g/mol. The van der Waals surface area contributed by atoms with Gasteiger partial charge in [-0.3, -0.25) is 4.79 Å². The standard InChI is InChI=1S/C13H16ClF2NO/c1-13(2,8-14)17(3)12(18)7-9-4-5-10(15)11(16)6-9/h4-6H,7-8H2,1-3H3. The number of hydrogen-bond acceptors (Lipinski definition) is 1. The molecule has 0 aliphatic carbocycles. The van der Waals surface area contributed by atoms with Crippen molar-refractivity contribution < 1.29 is 13.6 Å². The summed E-state index contributed by atoms with van der Waals surface area (Å²) in [5.41, 5.74) is -0.0341. The van der Waals surface area contributed by atoms with Crippen molar-refractivity contribution in [3.63, 3.8) is 0 Å². The van der Waals surface area contributed by atoms with Crippen molar-refractivity contribution in [1.82, 2.24) is 4.90 Å². The summed E-state index contributed by atoms with van der Waals surface area (Å²) in [6, 6.07) is 3.46. The lowest BCUT2D eigenvalue weighted by atomic mass is 10.0. The van der Waals surface area contributed by atoms with E-state index in [1.807, 2.05) is 13.8 Å². The summed E-state index contributed by atoms with van der Waals surface area (Å²) < 4.78 is 25.8. The van der Waals surface area contributed by atoms with Gasteiger partial charge in [0.05, 0.1) is 12.0 Å². The number of halogens is 3. The van der Waals surface area contributed by atoms with Crippen LogP contribution in [0.3, 0.4) is 0 Å². The third-order valence-corrected chi connectivity index (χ3v) is 3.60. The second kappa shape index (κ2) is 5.65. The molecule has 0 saturated carbocycles. The molecule has 0 bridgehead atoms. The lowest BCUT2D eigenvalue weighted by Gasteiger charge is -2.34. The molecule has 0 unspecified atom stereocenters. The van der Waals surface area contributed by atoms with E-state index in [-0.39, 0.29) is 12.3 Å². The third kappa shape index (κ3) is 3.42. The molecule has 0 aromatic heterocycles. The molecule has 18 heavy (non-hydrogen) atoms. The van der Waals surface area contributed by atoms with Crippen LogP contribution in [0.4, 0.5) is 8.78 Å². The van der Waals surface area contributed by atoms with E-state index in [1.165, 1.54) is 11.0 Å². The van der Waals surface area contributed by atoms with E-state index >= 15 is 0 Å². The van der Waals surface area contributed by atoms with Crippen molar-refractivity contribution in [2.45, 2.75) is 25.8 Å². The minimum atomic E-state index is -0.945. The van der Waals surface area contributed by atoms with Crippen LogP contribution in [-0.4, -0.2) is 29.3 Å². The summed E-state index contributed by atoms with van der Waals surface area (Å²) in [6.07, 6.45) is 0.0218. The fourth-order valence-corrected chi connectivity index (χ4v) is 1.55. The fraction of sp³-hybridized carbons (Fsp3) is 0.462. The zero-order valence-electron chi connectivity index (χ0n) is 10.6. The molecule has 0 aliphatic heterocycles. The quantitative estimate of drug-likeness (QED) is 0.774. The predicted molar refractivity (Wildman–Crippen MR) is 67.6 cm³/mol. The van der Waals surface area contributed by atoms with E-state index in [9.17, 15) is 13.6 Å². The van der Waals surface area contributed by atoms with Crippen molar-refractivity contribution in [1.29, 1.82) is 0 Å². The number of amides is 1. The molecule has 2 nitrogen and oxygen atoms in total. The molecule has 1 aromatic carbocycles. The van der Waals surface area contributed by atoms with E-state index in [0.29, 0.717) is 11.4 Å². The topological polar surface area (TPSA) is 20.3 Å². The van der Waals surface area contributed by atoms with Crippen LogP contribution in [-0.2, 0) is 11.2 Å². The first-order chi connectivity index (χ1) is 8.27. The molecule has 0 heterocycles. The Morgan fingerprint density at radius 2 is 1.94 bits per heavy atom. The zero-order chi connectivity index (χ0) is 13.9. The van der Waals surface area contributed by atoms with Gasteiger partial charge in [0, 0.05) is 12.9 Å². The Bertz CT molecular complexity index is 449. The van der Waals surface area contributed by atoms with E-state index in [4.69, 9.17) is 11.6 Å². The first kappa shape index (κ1) is 14.9. The maximum atomic E-state index is 13.0. The van der Waals surface area contributed by atoms with Gasteiger partial charge in [0.15, 0.2) is 11.6 Å². The third-order valence-electron chi connectivity index (χ3n) is 2.95. The van der Waals surface area contributed by atoms with Gasteiger partial charge in [-0.2, -0.15) is 0 Å². The Morgan fingerprint density at radius 3 is 2.44 bits per heavy atom. The van der Waals surface area contributed by atoms with Crippen molar-refractivity contribution >= 4 is 17.5 Å². The van der Waals surface area contributed by atoms with Crippen molar-refractivity contribution in [3.05, 3.63) is 35.4 Å². The van der Waals surface area contributed by atoms with Gasteiger partial charge < -0.3 is 4.90 Å². The van der Waals surface area contributed by atoms with Gasteiger partial charge >= 0.3 is 0 Å². The highest BCUT2D eigenvalue weighted by molar-refractivity contribution is 6.18. The minimum Gasteiger partial charge on any atom is -0.339 e. The molecule has 0 spiro atoms. The van der Waals surface area contributed by atoms with Gasteiger partial charge in [-0.05, 0) is 31.5 Å². The maximum absolute atomic E-state index is 13.0. The second-order valence-corrected chi connectivity index (χ2v) is 5.09. The lowest BCUT2D eigenvalue weighted by Crippen LogP contribution is -2.47. The number of rotatable bonds is 4. The summed E-state index contributed by atoms with van der Waals surface area (Å²) in [5.74, 6) is -1.75. The van der Waals surface area contributed by atoms with Gasteiger partial charge in [0.25, 0.3) is 0 Å². The molecule has 100 valence electrons. The van der Waals surface area contributed by atoms with Crippen LogP contribution in [0.5, 0.6) is 0 Å². The largest absolute Gasteiger partial charge is 0.339 e. The van der Waals surface area contributed by atoms with Crippen molar-refractivity contribution in [3.8, 4) is 0 Å². The predicted octanol–water partition coefficient (Wildman–Crippen LogP) is 2.98. The molecule has 1 rings (SSSR count). The molecule has 0 radical (unpaired) electrons. The summed E-state index contributed by atoms with van der Waals surface area (Å²) in [4.78, 5) is 13.5. The lowest BCUT2D eigenvalue weighted by molar-refractivity contribution is -0.133. The van der Waals surface area contributed by atoms with Crippen LogP contribution >= 0.6 is 11.6 Å². The molecule has 0 N–H and O–H groups in total. The normalized spacial score (nSPS) is 11.4. The van der Waals surface area contributed by atoms with Gasteiger partial charge in [0.1, 0.15) is 0 Å². The maximum Gasteiger partial charge on any atom is 0.227 e. The number of alkyl halides is 1. The van der Waals surface area contributed by atoms with Crippen LogP contribution in [0.2, 0.25) is 0 Å². The smallest absolute Gasteiger partial charge is 0.227 e. The van der Waals surface area contributed by atoms with Gasteiger partial charge in [-0.15, -0.1) is 11.6 Å². The zero-order valence-corrected chi connectivity index (χ0v) is 11.4. The summed E-state index contributed by atoms with van der Waals surface area (Å²) in [7, 11) is 1.64. The van der Waals surface area contributed by atoms with Crippen LogP contribution in [0.25, 0.3) is 0 Å². The summed E-state index contributed by atoms with van der Waals surface area (Å²) in [6.45, 7) is 3.67. The van der Waals surface area contributed by atoms with Gasteiger partial charge in [-0.1, -0.05) is 6.07 Å². The highest BCUT2D eigenvalue weighted by Gasteiger charge is 2.26. The molecular formula is C13H16ClF2NO. The highest BCUT2D eigenvalue weighted by atomic mass is 35.5. The van der Waals surface area contributed by atoms with E-state index in [0.717, 1.165) is 12.1 Å². The molecule has 5 heteroatoms. The molecule has 0 atom stereocenters. The highest BCUT2D eigenvalue weighted by Crippen LogP contribution is 2.16. The second-order valence-electron chi connectivity index (χ2n) is 4.82. The first-order valence-corrected chi connectivity index (χ1v) is 6.08. The Balaban J connectivity index is 2.78. The Hall–Kier alpha value is -1.16. The minimum absolute atomic E-state index is 0.0218. The van der Waals surface area contributed by atoms with Crippen molar-refractivity contribution in [2.75, 3.05) is 12.9 Å². The molecule has 0 aliphatic rings. The van der Waals surface area contributed by atoms with Crippen LogP contribution in [0, 0.1) is 11.6 Å². The first-order valence-electron chi connectivity index (χ1n) is 5.54. The number of nitrogens with zero attached hydrogens (tertiary/aromatic N) is 1. The van der Waals surface area contributed by atoms with Gasteiger partial charge in [-0.25, -0.2) is 8.78 Å². The van der Waals surface area contributed by atoms with Crippen LogP contribution in [0.15, 0.2) is 18.2 Å². The van der Waals surface area contributed by atoms with Crippen molar-refractivity contribution in [2.24, 2.45) is 0 Å². The van der Waals surface area contributed by atoms with E-state index in [1.54, 1.807) is 7.05 Å². The van der Waals surface area contributed by atoms with E-state index in [2.05, 4.69) is 0 Å². The number of carbonyl (C=O) groups excluding carboxylic acids is 1. The number of carbonyl (C=O) groups is 1. The number of likely N-dealkylation sites (N-methyl/N-ethyl adjacent to an activating group) is 1. The number of benzene rings is 1. The Morgan fingerprint density at radius 1 is 1.33 bits per heavy atom. The van der Waals surface area contributed by atoms with Crippen LogP contribution < -0.4 is 0 Å². The molecule has 1 aromatic rings. The average Bonchev–Trinajstić information content (AvgIpc) is 2.32. The molecule has 0 fully saturated rings. The van der Waals surface area contributed by atoms with Gasteiger partial charge in [0.2, 0.25) is 5.91 Å². The summed E-state index contributed by atoms with van der Waals surface area (Å²) in [5, 5.41) is 0. The molecule has 1 amide bonds. The van der Waals surface area contributed by atoms with Crippen LogP contribution in [0.1, 0.15) is 19.4 Å².